The van der Waals surface area contributed by atoms with E-state index in [1.165, 1.54) is 16.8 Å². The quantitative estimate of drug-likeness (QED) is 0.907. The van der Waals surface area contributed by atoms with Crippen molar-refractivity contribution in [1.29, 1.82) is 0 Å². The largest absolute Gasteiger partial charge is 0.324 e. The lowest BCUT2D eigenvalue weighted by atomic mass is 9.96. The SMILES string of the molecule is CCc1ccccc1C(N)Cc1c(Br)c(CC)nn1C. The van der Waals surface area contributed by atoms with Gasteiger partial charge in [0.25, 0.3) is 0 Å². The first-order valence-corrected chi connectivity index (χ1v) is 7.91. The molecule has 0 saturated carbocycles. The summed E-state index contributed by atoms with van der Waals surface area (Å²) < 4.78 is 3.05. The van der Waals surface area contributed by atoms with E-state index in [-0.39, 0.29) is 6.04 Å². The average Bonchev–Trinajstić information content (AvgIpc) is 2.74. The second kappa shape index (κ2) is 6.55. The Kier molecular flexibility index (Phi) is 5.00. The van der Waals surface area contributed by atoms with E-state index >= 15 is 0 Å². The van der Waals surface area contributed by atoms with E-state index in [1.807, 2.05) is 11.7 Å². The predicted molar refractivity (Wildman–Crippen MR) is 86.7 cm³/mol. The summed E-state index contributed by atoms with van der Waals surface area (Å²) in [5, 5.41) is 4.53. The van der Waals surface area contributed by atoms with Crippen LogP contribution >= 0.6 is 15.9 Å². The number of aryl methyl sites for hydroxylation is 3. The Labute approximate surface area is 129 Å². The minimum atomic E-state index is 0.00237. The molecule has 2 rings (SSSR count). The van der Waals surface area contributed by atoms with Gasteiger partial charge in [-0.05, 0) is 39.9 Å². The summed E-state index contributed by atoms with van der Waals surface area (Å²) in [4.78, 5) is 0. The molecule has 0 aliphatic heterocycles. The highest BCUT2D eigenvalue weighted by atomic mass is 79.9. The maximum absolute atomic E-state index is 6.43. The summed E-state index contributed by atoms with van der Waals surface area (Å²) >= 11 is 3.66. The lowest BCUT2D eigenvalue weighted by molar-refractivity contribution is 0.633. The van der Waals surface area contributed by atoms with Crippen molar-refractivity contribution in [3.8, 4) is 0 Å². The minimum Gasteiger partial charge on any atom is -0.324 e. The van der Waals surface area contributed by atoms with Crippen molar-refractivity contribution < 1.29 is 0 Å². The third-order valence-corrected chi connectivity index (χ3v) is 4.67. The molecule has 0 bridgehead atoms. The number of halogens is 1. The van der Waals surface area contributed by atoms with Gasteiger partial charge in [0.05, 0.1) is 15.9 Å². The van der Waals surface area contributed by atoms with Crippen molar-refractivity contribution in [3.63, 3.8) is 0 Å². The molecule has 0 spiro atoms. The van der Waals surface area contributed by atoms with E-state index in [0.717, 1.165) is 29.4 Å². The van der Waals surface area contributed by atoms with Gasteiger partial charge in [-0.3, -0.25) is 4.68 Å². The van der Waals surface area contributed by atoms with Crippen LogP contribution in [0.3, 0.4) is 0 Å². The van der Waals surface area contributed by atoms with Crippen molar-refractivity contribution in [3.05, 3.63) is 51.3 Å². The standard InChI is InChI=1S/C16H22BrN3/c1-4-11-8-6-7-9-12(11)13(18)10-15-16(17)14(5-2)19-20(15)3/h6-9,13H,4-5,10,18H2,1-3H3. The van der Waals surface area contributed by atoms with Crippen molar-refractivity contribution in [2.75, 3.05) is 0 Å². The molecular weight excluding hydrogens is 314 g/mol. The van der Waals surface area contributed by atoms with E-state index in [0.29, 0.717) is 0 Å². The Bertz CT molecular complexity index is 589. The molecule has 1 unspecified atom stereocenters. The fraction of sp³-hybridized carbons (Fsp3) is 0.438. The van der Waals surface area contributed by atoms with Crippen LogP contribution in [-0.4, -0.2) is 9.78 Å². The third kappa shape index (κ3) is 2.96. The highest BCUT2D eigenvalue weighted by Crippen LogP contribution is 2.27. The number of nitrogens with two attached hydrogens (primary N) is 1. The molecule has 1 aromatic heterocycles. The Morgan fingerprint density at radius 3 is 2.55 bits per heavy atom. The van der Waals surface area contributed by atoms with Crippen LogP contribution in [0.25, 0.3) is 0 Å². The van der Waals surface area contributed by atoms with Gasteiger partial charge in [0.2, 0.25) is 0 Å². The number of rotatable bonds is 5. The van der Waals surface area contributed by atoms with Crippen LogP contribution < -0.4 is 5.73 Å². The summed E-state index contributed by atoms with van der Waals surface area (Å²) in [6.07, 6.45) is 2.73. The zero-order chi connectivity index (χ0) is 14.7. The lowest BCUT2D eigenvalue weighted by Gasteiger charge is -2.16. The average molecular weight is 336 g/mol. The Hall–Kier alpha value is -1.13. The first-order valence-electron chi connectivity index (χ1n) is 7.12. The lowest BCUT2D eigenvalue weighted by Crippen LogP contribution is -2.17. The predicted octanol–water partition coefficient (Wildman–Crippen LogP) is 3.55. The van der Waals surface area contributed by atoms with Crippen LogP contribution in [0.1, 0.15) is 42.4 Å². The van der Waals surface area contributed by atoms with Crippen molar-refractivity contribution >= 4 is 15.9 Å². The van der Waals surface area contributed by atoms with Gasteiger partial charge in [-0.15, -0.1) is 0 Å². The summed E-state index contributed by atoms with van der Waals surface area (Å²) in [5.41, 5.74) is 11.3. The monoisotopic (exact) mass is 335 g/mol. The Morgan fingerprint density at radius 1 is 1.25 bits per heavy atom. The van der Waals surface area contributed by atoms with E-state index in [1.54, 1.807) is 0 Å². The van der Waals surface area contributed by atoms with Gasteiger partial charge in [0, 0.05) is 19.5 Å². The van der Waals surface area contributed by atoms with E-state index < -0.39 is 0 Å². The molecule has 0 saturated heterocycles. The molecular formula is C16H22BrN3. The molecule has 3 nitrogen and oxygen atoms in total. The highest BCUT2D eigenvalue weighted by Gasteiger charge is 2.17. The van der Waals surface area contributed by atoms with Crippen LogP contribution in [0, 0.1) is 0 Å². The fourth-order valence-electron chi connectivity index (χ4n) is 2.58. The van der Waals surface area contributed by atoms with Gasteiger partial charge in [0.1, 0.15) is 0 Å². The highest BCUT2D eigenvalue weighted by molar-refractivity contribution is 9.10. The zero-order valence-corrected chi connectivity index (χ0v) is 13.9. The van der Waals surface area contributed by atoms with Gasteiger partial charge in [-0.1, -0.05) is 38.1 Å². The second-order valence-corrected chi connectivity index (χ2v) is 5.84. The maximum Gasteiger partial charge on any atom is 0.0766 e. The fourth-order valence-corrected chi connectivity index (χ4v) is 3.36. The molecule has 0 aliphatic carbocycles. The number of benzene rings is 1. The summed E-state index contributed by atoms with van der Waals surface area (Å²) in [6, 6.07) is 8.43. The second-order valence-electron chi connectivity index (χ2n) is 5.05. The molecule has 0 amide bonds. The zero-order valence-electron chi connectivity index (χ0n) is 12.4. The summed E-state index contributed by atoms with van der Waals surface area (Å²) in [5.74, 6) is 0. The molecule has 2 aromatic rings. The molecule has 0 aliphatic rings. The van der Waals surface area contributed by atoms with E-state index in [2.05, 4.69) is 59.1 Å². The molecule has 108 valence electrons. The van der Waals surface area contributed by atoms with Crippen LogP contribution in [-0.2, 0) is 26.3 Å². The third-order valence-electron chi connectivity index (χ3n) is 3.75. The first kappa shape index (κ1) is 15.3. The topological polar surface area (TPSA) is 43.8 Å². The molecule has 0 radical (unpaired) electrons. The van der Waals surface area contributed by atoms with Crippen LogP contribution in [0.2, 0.25) is 0 Å². The van der Waals surface area contributed by atoms with Crippen molar-refractivity contribution in [2.24, 2.45) is 12.8 Å². The van der Waals surface area contributed by atoms with Gasteiger partial charge in [-0.2, -0.15) is 5.10 Å². The van der Waals surface area contributed by atoms with E-state index in [4.69, 9.17) is 5.73 Å². The van der Waals surface area contributed by atoms with Gasteiger partial charge in [-0.25, -0.2) is 0 Å². The minimum absolute atomic E-state index is 0.00237. The number of aromatic nitrogens is 2. The van der Waals surface area contributed by atoms with E-state index in [9.17, 15) is 0 Å². The molecule has 0 fully saturated rings. The smallest absolute Gasteiger partial charge is 0.0766 e. The maximum atomic E-state index is 6.43. The Balaban J connectivity index is 2.28. The molecule has 1 heterocycles. The number of nitrogens with zero attached hydrogens (tertiary/aromatic N) is 2. The van der Waals surface area contributed by atoms with Crippen molar-refractivity contribution in [2.45, 2.75) is 39.2 Å². The van der Waals surface area contributed by atoms with Gasteiger partial charge in [0.15, 0.2) is 0 Å². The molecule has 4 heteroatoms. The summed E-state index contributed by atoms with van der Waals surface area (Å²) in [7, 11) is 1.98. The van der Waals surface area contributed by atoms with Gasteiger partial charge >= 0.3 is 0 Å². The number of hydrogen-bond donors (Lipinski definition) is 1. The molecule has 1 aromatic carbocycles. The van der Waals surface area contributed by atoms with Gasteiger partial charge < -0.3 is 5.73 Å². The molecule has 1 atom stereocenters. The van der Waals surface area contributed by atoms with Crippen LogP contribution in [0.15, 0.2) is 28.7 Å². The first-order chi connectivity index (χ1) is 9.58. The van der Waals surface area contributed by atoms with Crippen LogP contribution in [0.5, 0.6) is 0 Å². The Morgan fingerprint density at radius 2 is 1.95 bits per heavy atom. The van der Waals surface area contributed by atoms with Crippen LogP contribution in [0.4, 0.5) is 0 Å². The number of hydrogen-bond acceptors (Lipinski definition) is 2. The molecule has 20 heavy (non-hydrogen) atoms. The van der Waals surface area contributed by atoms with Crippen molar-refractivity contribution in [1.82, 2.24) is 9.78 Å². The molecule has 2 N–H and O–H groups in total. The summed E-state index contributed by atoms with van der Waals surface area (Å²) in [6.45, 7) is 4.28. The normalized spacial score (nSPS) is 12.7.